The standard InChI is InChI=1S/C13H23NO3/c1-13(2,10-7-5-4-6-8-10)9-14-11(15)12(16)17-3/h10H,4-9H2,1-3H3,(H,14,15). The van der Waals surface area contributed by atoms with E-state index in [4.69, 9.17) is 0 Å². The lowest BCUT2D eigenvalue weighted by Gasteiger charge is -2.37. The van der Waals surface area contributed by atoms with Crippen LogP contribution in [0.15, 0.2) is 0 Å². The summed E-state index contributed by atoms with van der Waals surface area (Å²) in [6.07, 6.45) is 6.32. The van der Waals surface area contributed by atoms with Gasteiger partial charge in [0.2, 0.25) is 0 Å². The monoisotopic (exact) mass is 241 g/mol. The number of hydrogen-bond acceptors (Lipinski definition) is 3. The van der Waals surface area contributed by atoms with Crippen molar-refractivity contribution in [2.45, 2.75) is 46.0 Å². The maximum Gasteiger partial charge on any atom is 0.396 e. The Hall–Kier alpha value is -1.06. The zero-order chi connectivity index (χ0) is 12.9. The summed E-state index contributed by atoms with van der Waals surface area (Å²) in [5.41, 5.74) is 0.0457. The minimum Gasteiger partial charge on any atom is -0.462 e. The Morgan fingerprint density at radius 1 is 1.24 bits per heavy atom. The molecule has 0 bridgehead atoms. The van der Waals surface area contributed by atoms with Crippen LogP contribution in [0.2, 0.25) is 0 Å². The van der Waals surface area contributed by atoms with Gasteiger partial charge in [-0.2, -0.15) is 0 Å². The molecule has 1 N–H and O–H groups in total. The van der Waals surface area contributed by atoms with E-state index in [-0.39, 0.29) is 5.41 Å². The highest BCUT2D eigenvalue weighted by molar-refractivity contribution is 6.32. The summed E-state index contributed by atoms with van der Waals surface area (Å²) >= 11 is 0. The van der Waals surface area contributed by atoms with E-state index in [0.717, 1.165) is 0 Å². The molecule has 1 amide bonds. The van der Waals surface area contributed by atoms with Crippen LogP contribution in [0.25, 0.3) is 0 Å². The first-order valence-corrected chi connectivity index (χ1v) is 6.33. The van der Waals surface area contributed by atoms with Gasteiger partial charge in [0.15, 0.2) is 0 Å². The topological polar surface area (TPSA) is 55.4 Å². The zero-order valence-electron chi connectivity index (χ0n) is 11.0. The van der Waals surface area contributed by atoms with Gasteiger partial charge >= 0.3 is 11.9 Å². The van der Waals surface area contributed by atoms with Crippen LogP contribution in [0.5, 0.6) is 0 Å². The van der Waals surface area contributed by atoms with Gasteiger partial charge in [-0.15, -0.1) is 0 Å². The van der Waals surface area contributed by atoms with Gasteiger partial charge in [-0.1, -0.05) is 33.1 Å². The quantitative estimate of drug-likeness (QED) is 0.606. The summed E-state index contributed by atoms with van der Waals surface area (Å²) < 4.78 is 4.37. The lowest BCUT2D eigenvalue weighted by molar-refractivity contribution is -0.153. The van der Waals surface area contributed by atoms with E-state index >= 15 is 0 Å². The predicted molar refractivity (Wildman–Crippen MR) is 65.4 cm³/mol. The molecule has 4 heteroatoms. The number of esters is 1. The van der Waals surface area contributed by atoms with E-state index in [0.29, 0.717) is 12.5 Å². The number of amides is 1. The van der Waals surface area contributed by atoms with Crippen LogP contribution in [0.3, 0.4) is 0 Å². The van der Waals surface area contributed by atoms with Crippen molar-refractivity contribution >= 4 is 11.9 Å². The molecule has 0 spiro atoms. The Morgan fingerprint density at radius 3 is 2.35 bits per heavy atom. The number of carbonyl (C=O) groups excluding carboxylic acids is 2. The molecule has 1 saturated carbocycles. The first kappa shape index (κ1) is 14.0. The molecule has 1 aliphatic rings. The van der Waals surface area contributed by atoms with Gasteiger partial charge in [-0.25, -0.2) is 4.79 Å². The maximum absolute atomic E-state index is 11.3. The number of ether oxygens (including phenoxy) is 1. The van der Waals surface area contributed by atoms with Crippen LogP contribution in [0.1, 0.15) is 46.0 Å². The van der Waals surface area contributed by atoms with E-state index in [2.05, 4.69) is 23.9 Å². The molecule has 1 fully saturated rings. The smallest absolute Gasteiger partial charge is 0.396 e. The first-order chi connectivity index (χ1) is 7.97. The molecule has 4 nitrogen and oxygen atoms in total. The zero-order valence-corrected chi connectivity index (χ0v) is 11.0. The lowest BCUT2D eigenvalue weighted by atomic mass is 9.71. The fourth-order valence-electron chi connectivity index (χ4n) is 2.50. The summed E-state index contributed by atoms with van der Waals surface area (Å²) in [7, 11) is 1.22. The van der Waals surface area contributed by atoms with Crippen molar-refractivity contribution in [3.63, 3.8) is 0 Å². The van der Waals surface area contributed by atoms with Crippen LogP contribution >= 0.6 is 0 Å². The number of nitrogens with one attached hydrogen (secondary N) is 1. The molecule has 0 saturated heterocycles. The third-order valence-corrected chi connectivity index (χ3v) is 3.79. The van der Waals surface area contributed by atoms with Gasteiger partial charge in [-0.05, 0) is 24.2 Å². The van der Waals surface area contributed by atoms with Crippen molar-refractivity contribution < 1.29 is 14.3 Å². The molecule has 1 rings (SSSR count). The summed E-state index contributed by atoms with van der Waals surface area (Å²) in [6, 6.07) is 0. The van der Waals surface area contributed by atoms with Gasteiger partial charge < -0.3 is 10.1 Å². The molecular formula is C13H23NO3. The van der Waals surface area contributed by atoms with Crippen molar-refractivity contribution in [3.05, 3.63) is 0 Å². The highest BCUT2D eigenvalue weighted by Crippen LogP contribution is 2.37. The molecule has 0 heterocycles. The molecule has 0 unspecified atom stereocenters. The van der Waals surface area contributed by atoms with Crippen LogP contribution in [-0.4, -0.2) is 25.5 Å². The molecule has 1 aliphatic carbocycles. The van der Waals surface area contributed by atoms with Gasteiger partial charge in [0, 0.05) is 6.54 Å². The van der Waals surface area contributed by atoms with Gasteiger partial charge in [0.25, 0.3) is 0 Å². The Bertz CT molecular complexity index is 280. The van der Waals surface area contributed by atoms with Crippen molar-refractivity contribution in [1.82, 2.24) is 5.32 Å². The molecule has 0 aliphatic heterocycles. The minimum absolute atomic E-state index is 0.0457. The fraction of sp³-hybridized carbons (Fsp3) is 0.846. The Labute approximate surface area is 103 Å². The van der Waals surface area contributed by atoms with E-state index in [1.54, 1.807) is 0 Å². The van der Waals surface area contributed by atoms with E-state index in [1.807, 2.05) is 0 Å². The van der Waals surface area contributed by atoms with E-state index < -0.39 is 11.9 Å². The third-order valence-electron chi connectivity index (χ3n) is 3.79. The second-order valence-electron chi connectivity index (χ2n) is 5.50. The van der Waals surface area contributed by atoms with E-state index in [1.165, 1.54) is 39.2 Å². The van der Waals surface area contributed by atoms with Gasteiger partial charge in [-0.3, -0.25) is 4.79 Å². The SMILES string of the molecule is COC(=O)C(=O)NCC(C)(C)C1CCCCC1. The first-order valence-electron chi connectivity index (χ1n) is 6.33. The highest BCUT2D eigenvalue weighted by atomic mass is 16.5. The lowest BCUT2D eigenvalue weighted by Crippen LogP contribution is -2.42. The minimum atomic E-state index is -0.815. The molecule has 0 atom stereocenters. The largest absolute Gasteiger partial charge is 0.462 e. The third kappa shape index (κ3) is 4.02. The number of carbonyl (C=O) groups is 2. The molecule has 0 radical (unpaired) electrons. The van der Waals surface area contributed by atoms with Crippen LogP contribution in [0, 0.1) is 11.3 Å². The summed E-state index contributed by atoms with van der Waals surface area (Å²) in [5.74, 6) is -0.824. The second-order valence-corrected chi connectivity index (χ2v) is 5.50. The van der Waals surface area contributed by atoms with Crippen LogP contribution < -0.4 is 5.32 Å². The molecular weight excluding hydrogens is 218 g/mol. The van der Waals surface area contributed by atoms with Crippen molar-refractivity contribution in [3.8, 4) is 0 Å². The average Bonchev–Trinajstić information content (AvgIpc) is 2.36. The van der Waals surface area contributed by atoms with Crippen LogP contribution in [-0.2, 0) is 14.3 Å². The summed E-state index contributed by atoms with van der Waals surface area (Å²) in [6.45, 7) is 4.84. The molecule has 0 aromatic rings. The normalized spacial score (nSPS) is 17.6. The molecule has 98 valence electrons. The average molecular weight is 241 g/mol. The predicted octanol–water partition coefficient (Wildman–Crippen LogP) is 1.88. The molecule has 0 aromatic carbocycles. The molecule has 0 aromatic heterocycles. The number of hydrogen-bond donors (Lipinski definition) is 1. The fourth-order valence-corrected chi connectivity index (χ4v) is 2.50. The number of methoxy groups -OCH3 is 1. The maximum atomic E-state index is 11.3. The van der Waals surface area contributed by atoms with Crippen LogP contribution in [0.4, 0.5) is 0 Å². The Morgan fingerprint density at radius 2 is 1.82 bits per heavy atom. The summed E-state index contributed by atoms with van der Waals surface area (Å²) in [4.78, 5) is 22.3. The van der Waals surface area contributed by atoms with Crippen molar-refractivity contribution in [1.29, 1.82) is 0 Å². The summed E-state index contributed by atoms with van der Waals surface area (Å²) in [5, 5.41) is 2.66. The second kappa shape index (κ2) is 6.03. The highest BCUT2D eigenvalue weighted by Gasteiger charge is 2.31. The van der Waals surface area contributed by atoms with E-state index in [9.17, 15) is 9.59 Å². The number of rotatable bonds is 3. The Kier molecular flexibility index (Phi) is 4.97. The van der Waals surface area contributed by atoms with Crippen molar-refractivity contribution in [2.75, 3.05) is 13.7 Å². The van der Waals surface area contributed by atoms with Crippen molar-refractivity contribution in [2.24, 2.45) is 11.3 Å². The van der Waals surface area contributed by atoms with Gasteiger partial charge in [0.1, 0.15) is 0 Å². The molecule has 17 heavy (non-hydrogen) atoms. The Balaban J connectivity index is 2.42. The van der Waals surface area contributed by atoms with Gasteiger partial charge in [0.05, 0.1) is 7.11 Å².